The van der Waals surface area contributed by atoms with Crippen molar-refractivity contribution in [2.75, 3.05) is 27.4 Å². The molecule has 0 bridgehead atoms. The molecule has 1 aliphatic carbocycles. The van der Waals surface area contributed by atoms with Gasteiger partial charge < -0.3 is 19.5 Å². The topological polar surface area (TPSA) is 99.9 Å². The lowest BCUT2D eigenvalue weighted by atomic mass is 9.85. The van der Waals surface area contributed by atoms with Crippen molar-refractivity contribution in [2.24, 2.45) is 5.92 Å². The highest BCUT2D eigenvalue weighted by atomic mass is 16.5. The molecule has 2 heterocycles. The number of ether oxygens (including phenoxy) is 3. The number of rotatable bonds is 8. The Labute approximate surface area is 168 Å². The zero-order valence-electron chi connectivity index (χ0n) is 16.4. The van der Waals surface area contributed by atoms with Crippen molar-refractivity contribution in [3.05, 3.63) is 30.3 Å². The van der Waals surface area contributed by atoms with Crippen molar-refractivity contribution >= 4 is 11.6 Å². The van der Waals surface area contributed by atoms with Crippen LogP contribution >= 0.6 is 0 Å². The fraction of sp³-hybridized carbons (Fsp3) is 0.400. The van der Waals surface area contributed by atoms with Crippen molar-refractivity contribution in [3.8, 4) is 28.8 Å². The Kier molecular flexibility index (Phi) is 5.46. The van der Waals surface area contributed by atoms with Gasteiger partial charge in [0.15, 0.2) is 23.0 Å². The highest BCUT2D eigenvalue weighted by molar-refractivity contribution is 5.79. The van der Waals surface area contributed by atoms with Gasteiger partial charge in [0.25, 0.3) is 0 Å². The van der Waals surface area contributed by atoms with Crippen LogP contribution in [0.4, 0.5) is 0 Å². The van der Waals surface area contributed by atoms with Crippen molar-refractivity contribution in [1.82, 2.24) is 25.1 Å². The summed E-state index contributed by atoms with van der Waals surface area (Å²) in [5.74, 6) is 2.49. The van der Waals surface area contributed by atoms with E-state index in [1.165, 1.54) is 0 Å². The van der Waals surface area contributed by atoms with Crippen LogP contribution in [0.1, 0.15) is 19.3 Å². The average molecular weight is 397 g/mol. The average Bonchev–Trinajstić information content (AvgIpc) is 3.12. The molecule has 0 saturated heterocycles. The van der Waals surface area contributed by atoms with Crippen molar-refractivity contribution < 1.29 is 19.0 Å². The van der Waals surface area contributed by atoms with Gasteiger partial charge in [-0.2, -0.15) is 4.52 Å². The number of fused-ring (bicyclic) bond motifs is 1. The Hall–Kier alpha value is -3.36. The fourth-order valence-electron chi connectivity index (χ4n) is 3.15. The second kappa shape index (κ2) is 8.34. The van der Waals surface area contributed by atoms with E-state index in [9.17, 15) is 4.79 Å². The standard InChI is InChI=1S/C20H23N5O4/c1-27-15-7-6-14(12-16(15)28-2)19-23-22-17-8-9-18(24-25(17)19)29-11-10-21-20(26)13-4-3-5-13/h6-9,12-13H,3-5,10-11H2,1-2H3,(H,21,26). The van der Waals surface area contributed by atoms with Crippen LogP contribution in [0.5, 0.6) is 17.4 Å². The van der Waals surface area contributed by atoms with E-state index in [2.05, 4.69) is 20.6 Å². The Morgan fingerprint density at radius 1 is 1.14 bits per heavy atom. The van der Waals surface area contributed by atoms with Crippen LogP contribution in [0.2, 0.25) is 0 Å². The minimum Gasteiger partial charge on any atom is -0.493 e. The molecule has 1 fully saturated rings. The van der Waals surface area contributed by atoms with E-state index in [1.807, 2.05) is 12.1 Å². The van der Waals surface area contributed by atoms with Crippen LogP contribution in [0.15, 0.2) is 30.3 Å². The van der Waals surface area contributed by atoms with Gasteiger partial charge in [0.2, 0.25) is 11.8 Å². The van der Waals surface area contributed by atoms with Crippen LogP contribution < -0.4 is 19.5 Å². The van der Waals surface area contributed by atoms with Gasteiger partial charge >= 0.3 is 0 Å². The monoisotopic (exact) mass is 397 g/mol. The number of hydrogen-bond acceptors (Lipinski definition) is 7. The highest BCUT2D eigenvalue weighted by Crippen LogP contribution is 2.31. The molecule has 4 rings (SSSR count). The van der Waals surface area contributed by atoms with E-state index in [4.69, 9.17) is 14.2 Å². The number of hydrogen-bond donors (Lipinski definition) is 1. The van der Waals surface area contributed by atoms with Gasteiger partial charge in [-0.3, -0.25) is 4.79 Å². The third-order valence-corrected chi connectivity index (χ3v) is 5.01. The van der Waals surface area contributed by atoms with E-state index in [-0.39, 0.29) is 11.8 Å². The minimum absolute atomic E-state index is 0.109. The Bertz CT molecular complexity index is 1020. The summed E-state index contributed by atoms with van der Waals surface area (Å²) in [4.78, 5) is 11.9. The molecule has 9 nitrogen and oxygen atoms in total. The molecule has 152 valence electrons. The normalized spacial score (nSPS) is 13.7. The summed E-state index contributed by atoms with van der Waals surface area (Å²) < 4.78 is 17.9. The summed E-state index contributed by atoms with van der Waals surface area (Å²) in [6.07, 6.45) is 3.11. The Balaban J connectivity index is 1.47. The van der Waals surface area contributed by atoms with Crippen molar-refractivity contribution in [2.45, 2.75) is 19.3 Å². The van der Waals surface area contributed by atoms with Crippen LogP contribution in [0.3, 0.4) is 0 Å². The van der Waals surface area contributed by atoms with E-state index >= 15 is 0 Å². The summed E-state index contributed by atoms with van der Waals surface area (Å²) in [5, 5.41) is 15.8. The maximum atomic E-state index is 11.9. The first-order valence-corrected chi connectivity index (χ1v) is 9.55. The van der Waals surface area contributed by atoms with E-state index in [0.717, 1.165) is 24.8 Å². The predicted octanol–water partition coefficient (Wildman–Crippen LogP) is 2.10. The number of nitrogens with zero attached hydrogens (tertiary/aromatic N) is 4. The molecule has 0 spiro atoms. The lowest BCUT2D eigenvalue weighted by Gasteiger charge is -2.23. The van der Waals surface area contributed by atoms with Gasteiger partial charge in [-0.25, -0.2) is 0 Å². The van der Waals surface area contributed by atoms with E-state index in [0.29, 0.717) is 42.0 Å². The zero-order chi connectivity index (χ0) is 20.2. The number of aromatic nitrogens is 4. The molecule has 1 N–H and O–H groups in total. The van der Waals surface area contributed by atoms with Gasteiger partial charge in [-0.1, -0.05) is 6.42 Å². The van der Waals surface area contributed by atoms with Gasteiger partial charge in [0.05, 0.1) is 20.8 Å². The molecule has 3 aromatic rings. The first kappa shape index (κ1) is 19.0. The summed E-state index contributed by atoms with van der Waals surface area (Å²) in [5.41, 5.74) is 1.38. The number of nitrogens with one attached hydrogen (secondary N) is 1. The van der Waals surface area contributed by atoms with Gasteiger partial charge in [0, 0.05) is 17.5 Å². The summed E-state index contributed by atoms with van der Waals surface area (Å²) in [6, 6.07) is 9.01. The van der Waals surface area contributed by atoms with Gasteiger partial charge in [-0.05, 0) is 37.1 Å². The van der Waals surface area contributed by atoms with Crippen LogP contribution in [-0.4, -0.2) is 53.1 Å². The van der Waals surface area contributed by atoms with E-state index < -0.39 is 0 Å². The van der Waals surface area contributed by atoms with E-state index in [1.54, 1.807) is 36.9 Å². The second-order valence-corrected chi connectivity index (χ2v) is 6.80. The number of methoxy groups -OCH3 is 2. The molecular weight excluding hydrogens is 374 g/mol. The quantitative estimate of drug-likeness (QED) is 0.581. The Morgan fingerprint density at radius 2 is 1.97 bits per heavy atom. The molecule has 1 aromatic carbocycles. The number of benzene rings is 1. The largest absolute Gasteiger partial charge is 0.493 e. The molecule has 0 radical (unpaired) electrons. The van der Waals surface area contributed by atoms with Crippen LogP contribution in [0, 0.1) is 5.92 Å². The number of carbonyl (C=O) groups excluding carboxylic acids is 1. The fourth-order valence-corrected chi connectivity index (χ4v) is 3.15. The molecule has 2 aromatic heterocycles. The van der Waals surface area contributed by atoms with Gasteiger partial charge in [0.1, 0.15) is 6.61 Å². The molecule has 1 amide bonds. The molecule has 9 heteroatoms. The van der Waals surface area contributed by atoms with Crippen molar-refractivity contribution in [3.63, 3.8) is 0 Å². The first-order chi connectivity index (χ1) is 14.2. The number of carbonyl (C=O) groups is 1. The highest BCUT2D eigenvalue weighted by Gasteiger charge is 2.24. The minimum atomic E-state index is 0.109. The van der Waals surface area contributed by atoms with Crippen LogP contribution in [0.25, 0.3) is 17.0 Å². The molecule has 1 aliphatic rings. The molecule has 1 saturated carbocycles. The smallest absolute Gasteiger partial charge is 0.231 e. The predicted molar refractivity (Wildman–Crippen MR) is 105 cm³/mol. The molecular formula is C20H23N5O4. The number of amides is 1. The first-order valence-electron chi connectivity index (χ1n) is 9.55. The third kappa shape index (κ3) is 3.94. The molecule has 0 atom stereocenters. The third-order valence-electron chi connectivity index (χ3n) is 5.01. The maximum absolute atomic E-state index is 11.9. The zero-order valence-corrected chi connectivity index (χ0v) is 16.4. The second-order valence-electron chi connectivity index (χ2n) is 6.80. The summed E-state index contributed by atoms with van der Waals surface area (Å²) >= 11 is 0. The molecule has 0 unspecified atom stereocenters. The van der Waals surface area contributed by atoms with Gasteiger partial charge in [-0.15, -0.1) is 15.3 Å². The van der Waals surface area contributed by atoms with Crippen LogP contribution in [-0.2, 0) is 4.79 Å². The Morgan fingerprint density at radius 3 is 2.69 bits per heavy atom. The maximum Gasteiger partial charge on any atom is 0.231 e. The lowest BCUT2D eigenvalue weighted by molar-refractivity contribution is -0.127. The SMILES string of the molecule is COc1ccc(-c2nnc3ccc(OCCNC(=O)C4CCC4)nn23)cc1OC. The molecule has 0 aliphatic heterocycles. The molecule has 29 heavy (non-hydrogen) atoms. The summed E-state index contributed by atoms with van der Waals surface area (Å²) in [7, 11) is 3.17. The summed E-state index contributed by atoms with van der Waals surface area (Å²) in [6.45, 7) is 0.782. The lowest BCUT2D eigenvalue weighted by Crippen LogP contribution is -2.36. The van der Waals surface area contributed by atoms with Crippen molar-refractivity contribution in [1.29, 1.82) is 0 Å².